The monoisotopic (exact) mass is 396 g/mol. The molecule has 0 aliphatic rings. The van der Waals surface area contributed by atoms with Gasteiger partial charge in [0.2, 0.25) is 5.91 Å². The first-order chi connectivity index (χ1) is 13.5. The zero-order valence-corrected chi connectivity index (χ0v) is 17.3. The van der Waals surface area contributed by atoms with Crippen LogP contribution in [0, 0.1) is 6.92 Å². The fourth-order valence-electron chi connectivity index (χ4n) is 2.81. The Hall–Kier alpha value is -2.80. The highest BCUT2D eigenvalue weighted by Crippen LogP contribution is 2.29. The van der Waals surface area contributed by atoms with E-state index in [0.717, 1.165) is 33.5 Å². The minimum Gasteiger partial charge on any atom is -0.497 e. The Bertz CT molecular complexity index is 951. The number of benzene rings is 2. The van der Waals surface area contributed by atoms with Gasteiger partial charge < -0.3 is 10.1 Å². The molecule has 0 atom stereocenters. The molecular weight excluding hydrogens is 372 g/mol. The number of nitrogens with zero attached hydrogens (tertiary/aromatic N) is 3. The zero-order valence-electron chi connectivity index (χ0n) is 16.5. The third-order valence-corrected chi connectivity index (χ3v) is 5.22. The first-order valence-electron chi connectivity index (χ1n) is 9.07. The lowest BCUT2D eigenvalue weighted by atomic mass is 10.2. The van der Waals surface area contributed by atoms with Crippen molar-refractivity contribution in [1.82, 2.24) is 14.8 Å². The first-order valence-corrected chi connectivity index (χ1v) is 10.1. The van der Waals surface area contributed by atoms with Crippen molar-refractivity contribution < 1.29 is 9.53 Å². The Morgan fingerprint density at radius 2 is 1.86 bits per heavy atom. The van der Waals surface area contributed by atoms with Crippen molar-refractivity contribution >= 4 is 23.4 Å². The normalized spacial score (nSPS) is 10.9. The molecule has 1 aromatic heterocycles. The molecule has 0 unspecified atom stereocenters. The lowest BCUT2D eigenvalue weighted by Gasteiger charge is -2.14. The van der Waals surface area contributed by atoms with Crippen LogP contribution in [0.15, 0.2) is 53.7 Å². The zero-order chi connectivity index (χ0) is 20.1. The van der Waals surface area contributed by atoms with E-state index in [1.807, 2.05) is 60.0 Å². The quantitative estimate of drug-likeness (QED) is 0.592. The molecule has 0 radical (unpaired) electrons. The summed E-state index contributed by atoms with van der Waals surface area (Å²) in [6, 6.07) is 15.6. The number of aryl methyl sites for hydroxylation is 1. The second kappa shape index (κ2) is 8.93. The number of anilines is 1. The molecule has 3 rings (SSSR count). The first kappa shape index (κ1) is 19.9. The van der Waals surface area contributed by atoms with Crippen molar-refractivity contribution in [2.75, 3.05) is 18.2 Å². The molecule has 0 spiro atoms. The summed E-state index contributed by atoms with van der Waals surface area (Å²) < 4.78 is 7.27. The summed E-state index contributed by atoms with van der Waals surface area (Å²) >= 11 is 1.38. The van der Waals surface area contributed by atoms with Crippen LogP contribution >= 0.6 is 11.8 Å². The van der Waals surface area contributed by atoms with Crippen LogP contribution in [-0.4, -0.2) is 33.5 Å². The second-order valence-corrected chi connectivity index (χ2v) is 7.59. The van der Waals surface area contributed by atoms with E-state index in [9.17, 15) is 4.79 Å². The van der Waals surface area contributed by atoms with Gasteiger partial charge >= 0.3 is 0 Å². The number of carbonyl (C=O) groups is 1. The van der Waals surface area contributed by atoms with Crippen molar-refractivity contribution in [3.8, 4) is 17.1 Å². The van der Waals surface area contributed by atoms with Gasteiger partial charge in [-0.2, -0.15) is 0 Å². The van der Waals surface area contributed by atoms with Gasteiger partial charge in [-0.3, -0.25) is 9.36 Å². The average molecular weight is 397 g/mol. The molecule has 0 bridgehead atoms. The molecule has 1 heterocycles. The topological polar surface area (TPSA) is 69.0 Å². The lowest BCUT2D eigenvalue weighted by Crippen LogP contribution is -2.15. The van der Waals surface area contributed by atoms with Crippen LogP contribution in [0.2, 0.25) is 0 Å². The highest BCUT2D eigenvalue weighted by Gasteiger charge is 2.18. The Balaban J connectivity index is 1.74. The van der Waals surface area contributed by atoms with E-state index >= 15 is 0 Å². The van der Waals surface area contributed by atoms with Gasteiger partial charge in [0.1, 0.15) is 5.75 Å². The SMILES string of the molecule is COc1ccc(-c2nnc(SCC(=O)Nc3ccccc3C)n2C(C)C)cc1. The summed E-state index contributed by atoms with van der Waals surface area (Å²) in [5.41, 5.74) is 2.82. The molecular formula is C21H24N4O2S. The number of hydrogen-bond acceptors (Lipinski definition) is 5. The van der Waals surface area contributed by atoms with Crippen LogP contribution in [0.25, 0.3) is 11.4 Å². The fraction of sp³-hybridized carbons (Fsp3) is 0.286. The van der Waals surface area contributed by atoms with Gasteiger partial charge in [0.25, 0.3) is 0 Å². The molecule has 6 nitrogen and oxygen atoms in total. The van der Waals surface area contributed by atoms with E-state index in [1.54, 1.807) is 7.11 Å². The Kier molecular flexibility index (Phi) is 6.36. The lowest BCUT2D eigenvalue weighted by molar-refractivity contribution is -0.113. The van der Waals surface area contributed by atoms with E-state index in [0.29, 0.717) is 0 Å². The Morgan fingerprint density at radius 3 is 2.50 bits per heavy atom. The van der Waals surface area contributed by atoms with Crippen LogP contribution in [0.3, 0.4) is 0 Å². The van der Waals surface area contributed by atoms with Crippen molar-refractivity contribution in [3.63, 3.8) is 0 Å². The molecule has 1 amide bonds. The predicted molar refractivity (Wildman–Crippen MR) is 113 cm³/mol. The van der Waals surface area contributed by atoms with E-state index in [-0.39, 0.29) is 17.7 Å². The largest absolute Gasteiger partial charge is 0.497 e. The summed E-state index contributed by atoms with van der Waals surface area (Å²) in [6.07, 6.45) is 0. The predicted octanol–water partition coefficient (Wildman–Crippen LogP) is 4.57. The summed E-state index contributed by atoms with van der Waals surface area (Å²) in [5.74, 6) is 1.77. The van der Waals surface area contributed by atoms with Gasteiger partial charge in [-0.1, -0.05) is 30.0 Å². The maximum atomic E-state index is 12.4. The smallest absolute Gasteiger partial charge is 0.234 e. The minimum atomic E-state index is -0.0661. The number of amides is 1. The van der Waals surface area contributed by atoms with E-state index in [1.165, 1.54) is 11.8 Å². The van der Waals surface area contributed by atoms with Crippen molar-refractivity contribution in [3.05, 3.63) is 54.1 Å². The second-order valence-electron chi connectivity index (χ2n) is 6.65. The standard InChI is InChI=1S/C21H24N4O2S/c1-14(2)25-20(16-9-11-17(27-4)12-10-16)23-24-21(25)28-13-19(26)22-18-8-6-5-7-15(18)3/h5-12,14H,13H2,1-4H3,(H,22,26). The number of hydrogen-bond donors (Lipinski definition) is 1. The van der Waals surface area contributed by atoms with Crippen LogP contribution in [0.5, 0.6) is 5.75 Å². The summed E-state index contributed by atoms with van der Waals surface area (Å²) in [7, 11) is 1.64. The number of thioether (sulfide) groups is 1. The van der Waals surface area contributed by atoms with Crippen molar-refractivity contribution in [1.29, 1.82) is 0 Å². The molecule has 0 saturated carbocycles. The highest BCUT2D eigenvalue weighted by molar-refractivity contribution is 7.99. The molecule has 3 aromatic rings. The number of methoxy groups -OCH3 is 1. The number of aromatic nitrogens is 3. The van der Waals surface area contributed by atoms with Crippen molar-refractivity contribution in [2.45, 2.75) is 32.0 Å². The summed E-state index contributed by atoms with van der Waals surface area (Å²) in [4.78, 5) is 12.4. The molecule has 1 N–H and O–H groups in total. The molecule has 28 heavy (non-hydrogen) atoms. The van der Waals surface area contributed by atoms with Crippen molar-refractivity contribution in [2.24, 2.45) is 0 Å². The van der Waals surface area contributed by atoms with Gasteiger partial charge in [0.05, 0.1) is 12.9 Å². The van der Waals surface area contributed by atoms with Crippen LogP contribution in [0.4, 0.5) is 5.69 Å². The van der Waals surface area contributed by atoms with E-state index in [4.69, 9.17) is 4.74 Å². The maximum absolute atomic E-state index is 12.4. The molecule has 7 heteroatoms. The van der Waals surface area contributed by atoms with Crippen LogP contribution < -0.4 is 10.1 Å². The molecule has 2 aromatic carbocycles. The van der Waals surface area contributed by atoms with E-state index in [2.05, 4.69) is 29.4 Å². The van der Waals surface area contributed by atoms with Gasteiger partial charge in [-0.15, -0.1) is 10.2 Å². The molecule has 0 saturated heterocycles. The molecule has 146 valence electrons. The highest BCUT2D eigenvalue weighted by atomic mass is 32.2. The van der Waals surface area contributed by atoms with Gasteiger partial charge in [0, 0.05) is 17.3 Å². The third-order valence-electron chi connectivity index (χ3n) is 4.28. The van der Waals surface area contributed by atoms with Gasteiger partial charge in [0.15, 0.2) is 11.0 Å². The van der Waals surface area contributed by atoms with Gasteiger partial charge in [-0.25, -0.2) is 0 Å². The minimum absolute atomic E-state index is 0.0661. The number of carbonyl (C=O) groups excluding carboxylic acids is 1. The Labute approximate surface area is 169 Å². The van der Waals surface area contributed by atoms with E-state index < -0.39 is 0 Å². The van der Waals surface area contributed by atoms with Crippen LogP contribution in [0.1, 0.15) is 25.5 Å². The average Bonchev–Trinajstić information content (AvgIpc) is 3.12. The number of rotatable bonds is 7. The molecule has 0 aliphatic heterocycles. The Morgan fingerprint density at radius 1 is 1.14 bits per heavy atom. The number of para-hydroxylation sites is 1. The third kappa shape index (κ3) is 4.54. The number of ether oxygens (including phenoxy) is 1. The summed E-state index contributed by atoms with van der Waals surface area (Å²) in [5, 5.41) is 12.3. The maximum Gasteiger partial charge on any atom is 0.234 e. The summed E-state index contributed by atoms with van der Waals surface area (Å²) in [6.45, 7) is 6.13. The fourth-order valence-corrected chi connectivity index (χ4v) is 3.67. The molecule has 0 aliphatic carbocycles. The molecule has 0 fully saturated rings. The number of nitrogens with one attached hydrogen (secondary N) is 1. The van der Waals surface area contributed by atoms with Gasteiger partial charge in [-0.05, 0) is 56.7 Å². The van der Waals surface area contributed by atoms with Crippen LogP contribution in [-0.2, 0) is 4.79 Å².